The molecule has 4 fully saturated rings. The van der Waals surface area contributed by atoms with Crippen molar-refractivity contribution in [3.63, 3.8) is 0 Å². The van der Waals surface area contributed by atoms with Crippen LogP contribution in [-0.2, 0) is 14.3 Å². The highest BCUT2D eigenvalue weighted by Gasteiger charge is 2.67. The van der Waals surface area contributed by atoms with Crippen molar-refractivity contribution >= 4 is 39.4 Å². The van der Waals surface area contributed by atoms with Gasteiger partial charge in [0.2, 0.25) is 5.91 Å². The van der Waals surface area contributed by atoms with Gasteiger partial charge < -0.3 is 15.0 Å². The number of alkyl halides is 1. The molecule has 1 N–H and O–H groups in total. The Morgan fingerprint density at radius 2 is 1.93 bits per heavy atom. The first-order chi connectivity index (χ1) is 13.5. The molecule has 5 rings (SSSR count). The Morgan fingerprint density at radius 3 is 2.71 bits per heavy atom. The molecule has 6 atom stereocenters. The van der Waals surface area contributed by atoms with Gasteiger partial charge in [0, 0.05) is 30.3 Å². The molecule has 0 radical (unpaired) electrons. The number of anilines is 1. The minimum atomic E-state index is -0.373. The molecule has 2 heterocycles. The van der Waals surface area contributed by atoms with E-state index in [9.17, 15) is 14.4 Å². The van der Waals surface area contributed by atoms with E-state index >= 15 is 0 Å². The van der Waals surface area contributed by atoms with Crippen molar-refractivity contribution in [1.82, 2.24) is 4.90 Å². The molecule has 7 heteroatoms. The second kappa shape index (κ2) is 6.87. The highest BCUT2D eigenvalue weighted by atomic mass is 79.9. The van der Waals surface area contributed by atoms with Gasteiger partial charge in [-0.25, -0.2) is 0 Å². The van der Waals surface area contributed by atoms with Crippen LogP contribution >= 0.6 is 15.9 Å². The highest BCUT2D eigenvalue weighted by Crippen LogP contribution is 2.60. The lowest BCUT2D eigenvalue weighted by molar-refractivity contribution is -0.145. The van der Waals surface area contributed by atoms with Gasteiger partial charge in [0.05, 0.1) is 16.7 Å². The van der Waals surface area contributed by atoms with Crippen LogP contribution in [0.15, 0.2) is 24.3 Å². The summed E-state index contributed by atoms with van der Waals surface area (Å²) in [5, 5.41) is 2.95. The second-order valence-electron chi connectivity index (χ2n) is 8.38. The molecule has 0 spiro atoms. The van der Waals surface area contributed by atoms with E-state index in [2.05, 4.69) is 21.2 Å². The van der Waals surface area contributed by atoms with Crippen LogP contribution in [0.1, 0.15) is 36.0 Å². The second-order valence-corrected chi connectivity index (χ2v) is 9.44. The molecule has 1 aromatic carbocycles. The number of esters is 1. The van der Waals surface area contributed by atoms with Gasteiger partial charge >= 0.3 is 5.97 Å². The van der Waals surface area contributed by atoms with Gasteiger partial charge in [0.25, 0.3) is 5.91 Å². The predicted octanol–water partition coefficient (Wildman–Crippen LogP) is 2.82. The van der Waals surface area contributed by atoms with Gasteiger partial charge in [-0.2, -0.15) is 0 Å². The number of hydrogen-bond donors (Lipinski definition) is 1. The molecular weight excluding hydrogens is 424 g/mol. The Hall–Kier alpha value is -1.89. The van der Waals surface area contributed by atoms with Crippen molar-refractivity contribution in [3.8, 4) is 0 Å². The number of carbonyl (C=O) groups excluding carboxylic acids is 3. The van der Waals surface area contributed by atoms with Crippen molar-refractivity contribution in [2.45, 2.75) is 36.6 Å². The van der Waals surface area contributed by atoms with Gasteiger partial charge in [-0.05, 0) is 49.8 Å². The molecule has 2 bridgehead atoms. The van der Waals surface area contributed by atoms with Crippen LogP contribution < -0.4 is 5.32 Å². The van der Waals surface area contributed by atoms with Gasteiger partial charge in [0.1, 0.15) is 6.10 Å². The maximum absolute atomic E-state index is 13.0. The molecule has 1 aromatic rings. The van der Waals surface area contributed by atoms with E-state index in [0.29, 0.717) is 11.3 Å². The number of nitrogens with zero attached hydrogens (tertiary/aromatic N) is 1. The van der Waals surface area contributed by atoms with E-state index in [1.807, 2.05) is 4.90 Å². The first-order valence-corrected chi connectivity index (χ1v) is 11.0. The fourth-order valence-electron chi connectivity index (χ4n) is 5.57. The molecule has 2 amide bonds. The Kier molecular flexibility index (Phi) is 4.45. The van der Waals surface area contributed by atoms with Crippen LogP contribution in [0.3, 0.4) is 0 Å². The summed E-state index contributed by atoms with van der Waals surface area (Å²) in [6, 6.07) is 7.11. The largest absolute Gasteiger partial charge is 0.461 e. The van der Waals surface area contributed by atoms with Crippen LogP contribution in [0.5, 0.6) is 0 Å². The smallest absolute Gasteiger partial charge is 0.310 e. The molecule has 4 aliphatic rings. The molecule has 0 aromatic heterocycles. The minimum Gasteiger partial charge on any atom is -0.461 e. The lowest BCUT2D eigenvalue weighted by atomic mass is 9.79. The van der Waals surface area contributed by atoms with E-state index in [4.69, 9.17) is 4.74 Å². The average molecular weight is 447 g/mol. The third-order valence-electron chi connectivity index (χ3n) is 6.85. The van der Waals surface area contributed by atoms with Crippen LogP contribution in [0, 0.1) is 23.7 Å². The summed E-state index contributed by atoms with van der Waals surface area (Å²) < 4.78 is 5.48. The number of ether oxygens (including phenoxy) is 1. The Bertz CT molecular complexity index is 837. The predicted molar refractivity (Wildman–Crippen MR) is 106 cm³/mol. The van der Waals surface area contributed by atoms with E-state index < -0.39 is 0 Å². The molecule has 2 aliphatic heterocycles. The lowest BCUT2D eigenvalue weighted by Crippen LogP contribution is -2.40. The van der Waals surface area contributed by atoms with E-state index in [1.165, 1.54) is 6.42 Å². The third kappa shape index (κ3) is 2.78. The van der Waals surface area contributed by atoms with E-state index in [-0.39, 0.29) is 52.4 Å². The van der Waals surface area contributed by atoms with Crippen LogP contribution in [0.2, 0.25) is 0 Å². The summed E-state index contributed by atoms with van der Waals surface area (Å²) in [7, 11) is 0. The van der Waals surface area contributed by atoms with Gasteiger partial charge in [0.15, 0.2) is 0 Å². The van der Waals surface area contributed by atoms with Crippen molar-refractivity contribution in [2.24, 2.45) is 23.7 Å². The first kappa shape index (κ1) is 18.2. The number of piperidine rings is 1. The maximum atomic E-state index is 13.0. The number of hydrogen-bond acceptors (Lipinski definition) is 4. The number of benzene rings is 1. The fraction of sp³-hybridized carbons (Fsp3) is 0.571. The van der Waals surface area contributed by atoms with E-state index in [0.717, 1.165) is 32.4 Å². The Labute approximate surface area is 172 Å². The fourth-order valence-corrected chi connectivity index (χ4v) is 6.61. The Balaban J connectivity index is 1.32. The zero-order chi connectivity index (χ0) is 19.4. The molecule has 28 heavy (non-hydrogen) atoms. The third-order valence-corrected chi connectivity index (χ3v) is 8.05. The van der Waals surface area contributed by atoms with Crippen molar-refractivity contribution in [2.75, 3.05) is 18.4 Å². The highest BCUT2D eigenvalue weighted by molar-refractivity contribution is 9.09. The van der Waals surface area contributed by atoms with Crippen molar-refractivity contribution in [3.05, 3.63) is 29.8 Å². The van der Waals surface area contributed by atoms with Crippen molar-refractivity contribution < 1.29 is 19.1 Å². The summed E-state index contributed by atoms with van der Waals surface area (Å²) >= 11 is 3.64. The maximum Gasteiger partial charge on any atom is 0.310 e. The number of carbonyl (C=O) groups is 3. The van der Waals surface area contributed by atoms with Gasteiger partial charge in [-0.15, -0.1) is 0 Å². The minimum absolute atomic E-state index is 0.0125. The van der Waals surface area contributed by atoms with Crippen LogP contribution in [-0.4, -0.2) is 46.7 Å². The number of rotatable bonds is 3. The lowest BCUT2D eigenvalue weighted by Gasteiger charge is -2.28. The molecule has 2 saturated carbocycles. The SMILES string of the molecule is O=C(Nc1cccc(C(=O)N2CCCCC2)c1)[C@@H]1[C@H]2C[C@H]3[C@H](OC(=O)[C@H]31)[C@H]2Br. The number of likely N-dealkylation sites (tertiary alicyclic amines) is 1. The monoisotopic (exact) mass is 446 g/mol. The van der Waals surface area contributed by atoms with Gasteiger partial charge in [-0.1, -0.05) is 22.0 Å². The quantitative estimate of drug-likeness (QED) is 0.571. The van der Waals surface area contributed by atoms with Crippen LogP contribution in [0.25, 0.3) is 0 Å². The van der Waals surface area contributed by atoms with E-state index in [1.54, 1.807) is 24.3 Å². The first-order valence-electron chi connectivity index (χ1n) is 10.1. The molecule has 2 saturated heterocycles. The summed E-state index contributed by atoms with van der Waals surface area (Å²) in [5.41, 5.74) is 1.19. The molecule has 6 nitrogen and oxygen atoms in total. The Morgan fingerprint density at radius 1 is 1.14 bits per heavy atom. The van der Waals surface area contributed by atoms with Crippen LogP contribution in [0.4, 0.5) is 5.69 Å². The van der Waals surface area contributed by atoms with Gasteiger partial charge in [-0.3, -0.25) is 14.4 Å². The number of halogens is 1. The summed E-state index contributed by atoms with van der Waals surface area (Å²) in [6.07, 6.45) is 4.01. The molecule has 148 valence electrons. The van der Waals surface area contributed by atoms with Crippen molar-refractivity contribution in [1.29, 1.82) is 0 Å². The zero-order valence-electron chi connectivity index (χ0n) is 15.5. The normalized spacial score (nSPS) is 35.8. The number of amides is 2. The molecular formula is C21H23BrN2O4. The summed E-state index contributed by atoms with van der Waals surface area (Å²) in [4.78, 5) is 39.9. The number of nitrogens with one attached hydrogen (secondary N) is 1. The standard InChI is InChI=1S/C21H23BrN2O4/c22-17-13-10-14-16(21(27)28-18(14)17)15(13)19(25)23-12-6-4-5-11(9-12)20(26)24-7-2-1-3-8-24/h4-6,9,13-18H,1-3,7-8,10H2,(H,23,25)/t13-,14-,15-,16-,17+,18+/m1/s1. The topological polar surface area (TPSA) is 75.7 Å². The average Bonchev–Trinajstić information content (AvgIpc) is 3.32. The summed E-state index contributed by atoms with van der Waals surface area (Å²) in [5.74, 6) is -0.827. The zero-order valence-corrected chi connectivity index (χ0v) is 17.1. The molecule has 2 aliphatic carbocycles. The molecule has 0 unspecified atom stereocenters. The number of fused-ring (bicyclic) bond motifs is 1. The summed E-state index contributed by atoms with van der Waals surface area (Å²) in [6.45, 7) is 1.58.